The van der Waals surface area contributed by atoms with Gasteiger partial charge in [0, 0.05) is 18.0 Å². The molecule has 3 amide bonds. The molecule has 0 aliphatic carbocycles. The van der Waals surface area contributed by atoms with E-state index in [4.69, 9.17) is 0 Å². The fourth-order valence-electron chi connectivity index (χ4n) is 2.52. The van der Waals surface area contributed by atoms with Gasteiger partial charge in [-0.1, -0.05) is 12.1 Å². The minimum absolute atomic E-state index is 0.226. The minimum atomic E-state index is -0.689. The number of hydrogen-bond acceptors (Lipinski definition) is 4. The van der Waals surface area contributed by atoms with Crippen LogP contribution in [0, 0.1) is 6.92 Å². The molecular weight excluding hydrogens is 282 g/mol. The fourth-order valence-corrected chi connectivity index (χ4v) is 2.52. The molecule has 0 bridgehead atoms. The van der Waals surface area contributed by atoms with Gasteiger partial charge in [0.25, 0.3) is 5.91 Å². The molecule has 2 heterocycles. The lowest BCUT2D eigenvalue weighted by Gasteiger charge is -2.22. The van der Waals surface area contributed by atoms with E-state index < -0.39 is 11.9 Å². The van der Waals surface area contributed by atoms with E-state index in [0.717, 1.165) is 10.9 Å². The number of carbonyl (C=O) groups is 3. The molecule has 1 fully saturated rings. The Morgan fingerprint density at radius 1 is 1.36 bits per heavy atom. The van der Waals surface area contributed by atoms with Gasteiger partial charge in [-0.05, 0) is 31.0 Å². The number of hydrogen-bond donors (Lipinski definition) is 2. The van der Waals surface area contributed by atoms with Crippen LogP contribution in [-0.2, 0) is 9.59 Å². The Morgan fingerprint density at radius 2 is 2.18 bits per heavy atom. The van der Waals surface area contributed by atoms with Crippen molar-refractivity contribution in [1.82, 2.24) is 15.6 Å². The van der Waals surface area contributed by atoms with Crippen molar-refractivity contribution in [2.75, 3.05) is 0 Å². The topological polar surface area (TPSA) is 88.2 Å². The number of carbonyl (C=O) groups excluding carboxylic acids is 3. The maximum absolute atomic E-state index is 12.4. The molecule has 0 radical (unpaired) electrons. The number of rotatable bonds is 2. The molecule has 2 aromatic rings. The Hall–Kier alpha value is -2.76. The molecular formula is C16H15N3O3. The van der Waals surface area contributed by atoms with Crippen molar-refractivity contribution in [1.29, 1.82) is 0 Å². The average Bonchev–Trinajstić information content (AvgIpc) is 2.49. The molecule has 0 saturated carbocycles. The number of fused-ring (bicyclic) bond motifs is 1. The first kappa shape index (κ1) is 14.2. The zero-order valence-corrected chi connectivity index (χ0v) is 12.1. The third kappa shape index (κ3) is 2.67. The molecule has 22 heavy (non-hydrogen) atoms. The highest BCUT2D eigenvalue weighted by atomic mass is 16.2. The monoisotopic (exact) mass is 297 g/mol. The molecule has 112 valence electrons. The van der Waals surface area contributed by atoms with Crippen LogP contribution in [0.25, 0.3) is 10.9 Å². The summed E-state index contributed by atoms with van der Waals surface area (Å²) in [7, 11) is 0. The van der Waals surface area contributed by atoms with Gasteiger partial charge in [-0.25, -0.2) is 0 Å². The highest BCUT2D eigenvalue weighted by molar-refractivity contribution is 6.08. The number of aromatic nitrogens is 1. The Bertz CT molecular complexity index is 785. The van der Waals surface area contributed by atoms with E-state index in [2.05, 4.69) is 15.6 Å². The number of amides is 3. The second-order valence-corrected chi connectivity index (χ2v) is 5.37. The standard InChI is InChI=1S/C16H15N3O3/c1-9-7-10-3-2-4-11(14(10)17-8-9)15(21)18-12-5-6-13(20)19-16(12)22/h2-4,7-8,12H,5-6H2,1H3,(H,18,21)(H,19,20,22). The maximum Gasteiger partial charge on any atom is 0.254 e. The van der Waals surface area contributed by atoms with Crippen LogP contribution in [0.15, 0.2) is 30.5 Å². The van der Waals surface area contributed by atoms with Gasteiger partial charge in [0.1, 0.15) is 6.04 Å². The molecule has 1 aromatic heterocycles. The van der Waals surface area contributed by atoms with E-state index in [1.807, 2.05) is 19.1 Å². The average molecular weight is 297 g/mol. The van der Waals surface area contributed by atoms with Crippen LogP contribution in [0.1, 0.15) is 28.8 Å². The fraction of sp³-hybridized carbons (Fsp3) is 0.250. The number of nitrogens with zero attached hydrogens (tertiary/aromatic N) is 1. The van der Waals surface area contributed by atoms with E-state index >= 15 is 0 Å². The van der Waals surface area contributed by atoms with Crippen molar-refractivity contribution < 1.29 is 14.4 Å². The summed E-state index contributed by atoms with van der Waals surface area (Å²) in [6, 6.07) is 6.60. The molecule has 1 aliphatic rings. The summed E-state index contributed by atoms with van der Waals surface area (Å²) in [4.78, 5) is 39.6. The Balaban J connectivity index is 1.86. The van der Waals surface area contributed by atoms with E-state index in [-0.39, 0.29) is 18.2 Å². The van der Waals surface area contributed by atoms with Gasteiger partial charge in [-0.15, -0.1) is 0 Å². The van der Waals surface area contributed by atoms with Crippen molar-refractivity contribution in [3.8, 4) is 0 Å². The predicted octanol–water partition coefficient (Wildman–Crippen LogP) is 1.08. The van der Waals surface area contributed by atoms with Gasteiger partial charge in [-0.2, -0.15) is 0 Å². The van der Waals surface area contributed by atoms with Crippen LogP contribution in [-0.4, -0.2) is 28.7 Å². The van der Waals surface area contributed by atoms with Crippen LogP contribution >= 0.6 is 0 Å². The van der Waals surface area contributed by atoms with Crippen molar-refractivity contribution in [2.45, 2.75) is 25.8 Å². The van der Waals surface area contributed by atoms with Gasteiger partial charge in [0.15, 0.2) is 0 Å². The number of nitrogens with one attached hydrogen (secondary N) is 2. The molecule has 2 N–H and O–H groups in total. The number of aryl methyl sites for hydroxylation is 1. The maximum atomic E-state index is 12.4. The zero-order valence-electron chi connectivity index (χ0n) is 12.1. The van der Waals surface area contributed by atoms with Gasteiger partial charge in [0.2, 0.25) is 11.8 Å². The molecule has 6 heteroatoms. The molecule has 3 rings (SSSR count). The van der Waals surface area contributed by atoms with Gasteiger partial charge in [-0.3, -0.25) is 24.7 Å². The van der Waals surface area contributed by atoms with Gasteiger partial charge < -0.3 is 5.32 Å². The second-order valence-electron chi connectivity index (χ2n) is 5.37. The number of benzene rings is 1. The summed E-state index contributed by atoms with van der Waals surface area (Å²) in [6.07, 6.45) is 2.24. The number of pyridine rings is 1. The van der Waals surface area contributed by atoms with E-state index in [1.54, 1.807) is 18.3 Å². The summed E-state index contributed by atoms with van der Waals surface area (Å²) >= 11 is 0. The SMILES string of the molecule is Cc1cnc2c(C(=O)NC3CCC(=O)NC3=O)cccc2c1. The third-order valence-corrected chi connectivity index (χ3v) is 3.64. The van der Waals surface area contributed by atoms with Crippen LogP contribution in [0.4, 0.5) is 0 Å². The van der Waals surface area contributed by atoms with E-state index in [1.165, 1.54) is 0 Å². The van der Waals surface area contributed by atoms with E-state index in [0.29, 0.717) is 17.5 Å². The first-order valence-corrected chi connectivity index (χ1v) is 7.04. The Kier molecular flexibility index (Phi) is 3.58. The first-order chi connectivity index (χ1) is 10.5. The van der Waals surface area contributed by atoms with Crippen molar-refractivity contribution >= 4 is 28.6 Å². The molecule has 1 atom stereocenters. The number of piperidine rings is 1. The highest BCUT2D eigenvalue weighted by Crippen LogP contribution is 2.18. The van der Waals surface area contributed by atoms with Gasteiger partial charge in [0.05, 0.1) is 11.1 Å². The summed E-state index contributed by atoms with van der Waals surface area (Å²) in [6.45, 7) is 1.93. The van der Waals surface area contributed by atoms with Crippen molar-refractivity contribution in [3.63, 3.8) is 0 Å². The largest absolute Gasteiger partial charge is 0.340 e. The summed E-state index contributed by atoms with van der Waals surface area (Å²) in [5, 5.41) is 5.76. The predicted molar refractivity (Wildman–Crippen MR) is 80.1 cm³/mol. The number of para-hydroxylation sites is 1. The first-order valence-electron chi connectivity index (χ1n) is 7.04. The smallest absolute Gasteiger partial charge is 0.254 e. The lowest BCUT2D eigenvalue weighted by atomic mass is 10.0. The molecule has 1 aliphatic heterocycles. The Labute approximate surface area is 126 Å². The Morgan fingerprint density at radius 3 is 2.95 bits per heavy atom. The normalized spacial score (nSPS) is 18.1. The van der Waals surface area contributed by atoms with E-state index in [9.17, 15) is 14.4 Å². The molecule has 1 unspecified atom stereocenters. The lowest BCUT2D eigenvalue weighted by molar-refractivity contribution is -0.134. The summed E-state index contributed by atoms with van der Waals surface area (Å²) in [5.41, 5.74) is 2.02. The highest BCUT2D eigenvalue weighted by Gasteiger charge is 2.28. The molecule has 1 aromatic carbocycles. The summed E-state index contributed by atoms with van der Waals surface area (Å²) in [5.74, 6) is -1.14. The van der Waals surface area contributed by atoms with Crippen LogP contribution in [0.5, 0.6) is 0 Å². The summed E-state index contributed by atoms with van der Waals surface area (Å²) < 4.78 is 0. The van der Waals surface area contributed by atoms with Crippen LogP contribution in [0.2, 0.25) is 0 Å². The van der Waals surface area contributed by atoms with Crippen LogP contribution < -0.4 is 10.6 Å². The number of imide groups is 1. The second kappa shape index (κ2) is 5.55. The van der Waals surface area contributed by atoms with Gasteiger partial charge >= 0.3 is 0 Å². The molecule has 1 saturated heterocycles. The zero-order chi connectivity index (χ0) is 15.7. The molecule has 6 nitrogen and oxygen atoms in total. The minimum Gasteiger partial charge on any atom is -0.340 e. The quantitative estimate of drug-likeness (QED) is 0.812. The van der Waals surface area contributed by atoms with Crippen molar-refractivity contribution in [3.05, 3.63) is 41.6 Å². The molecule has 0 spiro atoms. The van der Waals surface area contributed by atoms with Crippen LogP contribution in [0.3, 0.4) is 0 Å². The third-order valence-electron chi connectivity index (χ3n) is 3.64. The van der Waals surface area contributed by atoms with Crippen molar-refractivity contribution in [2.24, 2.45) is 0 Å². The lowest BCUT2D eigenvalue weighted by Crippen LogP contribution is -2.52.